The van der Waals surface area contributed by atoms with Gasteiger partial charge < -0.3 is 14.6 Å². The average molecular weight is 280 g/mol. The molecule has 2 atom stereocenters. The second-order valence-electron chi connectivity index (χ2n) is 5.73. The fourth-order valence-electron chi connectivity index (χ4n) is 2.60. The summed E-state index contributed by atoms with van der Waals surface area (Å²) < 4.78 is 7.48. The number of nitrogens with one attached hydrogen (secondary N) is 1. The monoisotopic (exact) mass is 280 g/mol. The predicted molar refractivity (Wildman–Crippen MR) is 75.1 cm³/mol. The quantitative estimate of drug-likeness (QED) is 0.904. The molecule has 0 aromatic carbocycles. The lowest BCUT2D eigenvalue weighted by molar-refractivity contribution is -0.133. The van der Waals surface area contributed by atoms with Crippen molar-refractivity contribution in [1.29, 1.82) is 0 Å². The number of ether oxygens (including phenoxy) is 1. The fraction of sp³-hybridized carbons (Fsp3) is 0.786. The minimum Gasteiger partial charge on any atom is -0.378 e. The Morgan fingerprint density at radius 1 is 1.50 bits per heavy atom. The molecule has 1 saturated heterocycles. The number of carbonyl (C=O) groups is 1. The lowest BCUT2D eigenvalue weighted by atomic mass is 9.94. The highest BCUT2D eigenvalue weighted by atomic mass is 16.5. The van der Waals surface area contributed by atoms with Gasteiger partial charge in [0.1, 0.15) is 5.82 Å². The Labute approximate surface area is 119 Å². The Morgan fingerprint density at radius 3 is 2.85 bits per heavy atom. The molecular formula is C14H24N4O2. The standard InChI is InChI=1S/C14H24N4O2/c1-9(2)13-17-16-12(18(13)4)8-15-14(19)11-6-5-7-20-10(11)3/h9-11H,5-8H2,1-4H3,(H,15,19)/t10-,11+/m0/s1. The molecule has 0 radical (unpaired) electrons. The van der Waals surface area contributed by atoms with Gasteiger partial charge in [0, 0.05) is 19.6 Å². The third kappa shape index (κ3) is 3.17. The van der Waals surface area contributed by atoms with Crippen LogP contribution in [-0.2, 0) is 23.1 Å². The Balaban J connectivity index is 1.93. The van der Waals surface area contributed by atoms with Gasteiger partial charge in [-0.1, -0.05) is 13.8 Å². The zero-order valence-corrected chi connectivity index (χ0v) is 12.7. The van der Waals surface area contributed by atoms with Crippen LogP contribution in [0.3, 0.4) is 0 Å². The minimum atomic E-state index is -0.0541. The molecule has 1 aliphatic rings. The van der Waals surface area contributed by atoms with E-state index in [1.54, 1.807) is 0 Å². The van der Waals surface area contributed by atoms with Crippen molar-refractivity contribution in [1.82, 2.24) is 20.1 Å². The van der Waals surface area contributed by atoms with Gasteiger partial charge in [-0.2, -0.15) is 0 Å². The third-order valence-corrected chi connectivity index (χ3v) is 3.88. The van der Waals surface area contributed by atoms with E-state index in [9.17, 15) is 4.79 Å². The first kappa shape index (κ1) is 15.0. The summed E-state index contributed by atoms with van der Waals surface area (Å²) in [7, 11) is 1.93. The molecule has 0 saturated carbocycles. The van der Waals surface area contributed by atoms with Gasteiger partial charge in [0.15, 0.2) is 5.82 Å². The number of carbonyl (C=O) groups excluding carboxylic acids is 1. The molecule has 20 heavy (non-hydrogen) atoms. The summed E-state index contributed by atoms with van der Waals surface area (Å²) in [6.45, 7) is 7.29. The lowest BCUT2D eigenvalue weighted by Gasteiger charge is -2.27. The summed E-state index contributed by atoms with van der Waals surface area (Å²) in [4.78, 5) is 12.2. The van der Waals surface area contributed by atoms with Crippen LogP contribution in [-0.4, -0.2) is 33.4 Å². The Hall–Kier alpha value is -1.43. The van der Waals surface area contributed by atoms with Crippen molar-refractivity contribution in [3.05, 3.63) is 11.6 Å². The van der Waals surface area contributed by atoms with Gasteiger partial charge in [-0.25, -0.2) is 0 Å². The molecule has 6 heteroatoms. The Bertz CT molecular complexity index is 470. The first-order valence-corrected chi connectivity index (χ1v) is 7.28. The summed E-state index contributed by atoms with van der Waals surface area (Å²) in [5.74, 6) is 2.03. The van der Waals surface area contributed by atoms with Crippen molar-refractivity contribution in [2.75, 3.05) is 6.61 Å². The fourth-order valence-corrected chi connectivity index (χ4v) is 2.60. The average Bonchev–Trinajstić information content (AvgIpc) is 2.78. The number of amides is 1. The maximum absolute atomic E-state index is 12.2. The van der Waals surface area contributed by atoms with Gasteiger partial charge >= 0.3 is 0 Å². The molecule has 1 amide bonds. The maximum Gasteiger partial charge on any atom is 0.226 e. The molecule has 0 aliphatic carbocycles. The van der Waals surface area contributed by atoms with Crippen LogP contribution in [0.5, 0.6) is 0 Å². The van der Waals surface area contributed by atoms with Gasteiger partial charge in [-0.15, -0.1) is 10.2 Å². The first-order valence-electron chi connectivity index (χ1n) is 7.28. The molecular weight excluding hydrogens is 256 g/mol. The molecule has 1 N–H and O–H groups in total. The van der Waals surface area contributed by atoms with Crippen LogP contribution in [0.4, 0.5) is 0 Å². The number of aromatic nitrogens is 3. The van der Waals surface area contributed by atoms with Crippen molar-refractivity contribution in [3.8, 4) is 0 Å². The molecule has 2 rings (SSSR count). The molecule has 2 heterocycles. The largest absolute Gasteiger partial charge is 0.378 e. The highest BCUT2D eigenvalue weighted by Crippen LogP contribution is 2.20. The van der Waals surface area contributed by atoms with E-state index in [2.05, 4.69) is 29.4 Å². The van der Waals surface area contributed by atoms with Crippen molar-refractivity contribution in [2.45, 2.75) is 52.2 Å². The smallest absolute Gasteiger partial charge is 0.226 e. The van der Waals surface area contributed by atoms with Gasteiger partial charge in [-0.3, -0.25) is 4.79 Å². The van der Waals surface area contributed by atoms with Crippen LogP contribution in [0.25, 0.3) is 0 Å². The van der Waals surface area contributed by atoms with Crippen LogP contribution in [0.15, 0.2) is 0 Å². The first-order chi connectivity index (χ1) is 9.50. The van der Waals surface area contributed by atoms with E-state index >= 15 is 0 Å². The molecule has 0 spiro atoms. The number of hydrogen-bond donors (Lipinski definition) is 1. The summed E-state index contributed by atoms with van der Waals surface area (Å²) in [6.07, 6.45) is 1.84. The van der Waals surface area contributed by atoms with Crippen LogP contribution in [0.2, 0.25) is 0 Å². The van der Waals surface area contributed by atoms with Gasteiger partial charge in [-0.05, 0) is 19.8 Å². The zero-order chi connectivity index (χ0) is 14.7. The number of hydrogen-bond acceptors (Lipinski definition) is 4. The van der Waals surface area contributed by atoms with Crippen molar-refractivity contribution in [3.63, 3.8) is 0 Å². The molecule has 112 valence electrons. The van der Waals surface area contributed by atoms with Crippen LogP contribution in [0.1, 0.15) is 51.2 Å². The number of rotatable bonds is 4. The van der Waals surface area contributed by atoms with E-state index in [-0.39, 0.29) is 17.9 Å². The van der Waals surface area contributed by atoms with Gasteiger partial charge in [0.25, 0.3) is 0 Å². The Kier molecular flexibility index (Phi) is 4.75. The second-order valence-corrected chi connectivity index (χ2v) is 5.73. The SMILES string of the molecule is CC(C)c1nnc(CNC(=O)[C@@H]2CCCO[C@H]2C)n1C. The molecule has 1 aliphatic heterocycles. The summed E-state index contributed by atoms with van der Waals surface area (Å²) in [5, 5.41) is 11.2. The van der Waals surface area contributed by atoms with Crippen molar-refractivity contribution >= 4 is 5.91 Å². The molecule has 6 nitrogen and oxygen atoms in total. The van der Waals surface area contributed by atoms with E-state index in [0.717, 1.165) is 31.1 Å². The Morgan fingerprint density at radius 2 is 2.25 bits per heavy atom. The minimum absolute atomic E-state index is 0.00512. The summed E-state index contributed by atoms with van der Waals surface area (Å²) >= 11 is 0. The maximum atomic E-state index is 12.2. The van der Waals surface area contributed by atoms with E-state index in [0.29, 0.717) is 12.5 Å². The van der Waals surface area contributed by atoms with E-state index < -0.39 is 0 Å². The topological polar surface area (TPSA) is 69.0 Å². The normalized spacial score (nSPS) is 23.1. The summed E-state index contributed by atoms with van der Waals surface area (Å²) in [5.41, 5.74) is 0. The molecule has 1 fully saturated rings. The highest BCUT2D eigenvalue weighted by molar-refractivity contribution is 5.79. The van der Waals surface area contributed by atoms with Gasteiger partial charge in [0.05, 0.1) is 18.6 Å². The van der Waals surface area contributed by atoms with Crippen molar-refractivity contribution in [2.24, 2.45) is 13.0 Å². The molecule has 0 bridgehead atoms. The van der Waals surface area contributed by atoms with Crippen molar-refractivity contribution < 1.29 is 9.53 Å². The third-order valence-electron chi connectivity index (χ3n) is 3.88. The van der Waals surface area contributed by atoms with Crippen LogP contribution < -0.4 is 5.32 Å². The lowest BCUT2D eigenvalue weighted by Crippen LogP contribution is -2.40. The zero-order valence-electron chi connectivity index (χ0n) is 12.7. The summed E-state index contributed by atoms with van der Waals surface area (Å²) in [6, 6.07) is 0. The van der Waals surface area contributed by atoms with Crippen LogP contribution in [0, 0.1) is 5.92 Å². The number of nitrogens with zero attached hydrogens (tertiary/aromatic N) is 3. The molecule has 0 unspecified atom stereocenters. The van der Waals surface area contributed by atoms with E-state index in [1.807, 2.05) is 18.5 Å². The highest BCUT2D eigenvalue weighted by Gasteiger charge is 2.28. The van der Waals surface area contributed by atoms with E-state index in [4.69, 9.17) is 4.74 Å². The molecule has 1 aromatic heterocycles. The van der Waals surface area contributed by atoms with E-state index in [1.165, 1.54) is 0 Å². The second kappa shape index (κ2) is 6.35. The predicted octanol–water partition coefficient (Wildman–Crippen LogP) is 1.37. The van der Waals surface area contributed by atoms with Gasteiger partial charge in [0.2, 0.25) is 5.91 Å². The molecule has 1 aromatic rings. The van der Waals surface area contributed by atoms with Crippen LogP contribution >= 0.6 is 0 Å².